The van der Waals surface area contributed by atoms with Crippen LogP contribution < -0.4 is 10.1 Å². The van der Waals surface area contributed by atoms with Gasteiger partial charge >= 0.3 is 5.97 Å². The lowest BCUT2D eigenvalue weighted by Crippen LogP contribution is -2.30. The number of anilines is 1. The second-order valence-corrected chi connectivity index (χ2v) is 6.59. The van der Waals surface area contributed by atoms with Crippen LogP contribution in [-0.2, 0) is 9.53 Å². The van der Waals surface area contributed by atoms with Crippen molar-refractivity contribution in [2.24, 2.45) is 0 Å². The monoisotopic (exact) mass is 348 g/mol. The van der Waals surface area contributed by atoms with Crippen LogP contribution in [-0.4, -0.2) is 30.1 Å². The Morgan fingerprint density at radius 2 is 1.96 bits per heavy atom. The molecular formula is C17H20N2O4S. The van der Waals surface area contributed by atoms with Crippen LogP contribution in [0.3, 0.4) is 0 Å². The first-order valence-corrected chi connectivity index (χ1v) is 8.24. The minimum Gasteiger partial charge on any atom is -0.495 e. The molecule has 0 radical (unpaired) electrons. The number of aryl methyl sites for hydroxylation is 3. The number of hydrogen-bond acceptors (Lipinski definition) is 6. The summed E-state index contributed by atoms with van der Waals surface area (Å²) in [5, 5.41) is 3.50. The highest BCUT2D eigenvalue weighted by atomic mass is 32.1. The number of nitrogens with one attached hydrogen (secondary N) is 1. The Kier molecular flexibility index (Phi) is 5.56. The van der Waals surface area contributed by atoms with Gasteiger partial charge in [-0.05, 0) is 45.4 Å². The second-order valence-electron chi connectivity index (χ2n) is 5.39. The zero-order chi connectivity index (χ0) is 17.9. The lowest BCUT2D eigenvalue weighted by Gasteiger charge is -2.15. The average Bonchev–Trinajstić information content (AvgIpc) is 2.86. The van der Waals surface area contributed by atoms with Gasteiger partial charge in [0.05, 0.1) is 23.5 Å². The number of rotatable bonds is 5. The summed E-state index contributed by atoms with van der Waals surface area (Å²) in [7, 11) is 1.53. The van der Waals surface area contributed by atoms with Crippen LogP contribution >= 0.6 is 11.3 Å². The highest BCUT2D eigenvalue weighted by Crippen LogP contribution is 2.25. The fourth-order valence-corrected chi connectivity index (χ4v) is 2.94. The molecule has 0 aliphatic heterocycles. The predicted octanol–water partition coefficient (Wildman–Crippen LogP) is 3.26. The largest absolute Gasteiger partial charge is 0.495 e. The number of amides is 1. The van der Waals surface area contributed by atoms with Crippen LogP contribution in [0.15, 0.2) is 18.2 Å². The van der Waals surface area contributed by atoms with Crippen LogP contribution in [0.25, 0.3) is 0 Å². The third-order valence-electron chi connectivity index (χ3n) is 3.35. The van der Waals surface area contributed by atoms with Gasteiger partial charge in [0.2, 0.25) is 0 Å². The molecule has 1 heterocycles. The van der Waals surface area contributed by atoms with Crippen LogP contribution in [0.2, 0.25) is 0 Å². The van der Waals surface area contributed by atoms with E-state index in [9.17, 15) is 9.59 Å². The van der Waals surface area contributed by atoms with E-state index in [2.05, 4.69) is 10.3 Å². The predicted molar refractivity (Wildman–Crippen MR) is 92.8 cm³/mol. The summed E-state index contributed by atoms with van der Waals surface area (Å²) >= 11 is 1.25. The third-order valence-corrected chi connectivity index (χ3v) is 4.41. The number of carbonyl (C=O) groups excluding carboxylic acids is 2. The zero-order valence-corrected chi connectivity index (χ0v) is 15.1. The molecule has 7 heteroatoms. The van der Waals surface area contributed by atoms with Crippen LogP contribution in [0, 0.1) is 20.8 Å². The molecule has 2 aromatic rings. The molecular weight excluding hydrogens is 328 g/mol. The summed E-state index contributed by atoms with van der Waals surface area (Å²) in [6, 6.07) is 5.44. The maximum Gasteiger partial charge on any atom is 0.351 e. The Bertz CT molecular complexity index is 770. The van der Waals surface area contributed by atoms with Gasteiger partial charge in [-0.25, -0.2) is 9.78 Å². The fraction of sp³-hybridized carbons (Fsp3) is 0.353. The van der Waals surface area contributed by atoms with Crippen molar-refractivity contribution in [3.05, 3.63) is 39.3 Å². The first-order chi connectivity index (χ1) is 11.3. The molecule has 1 aromatic heterocycles. The average molecular weight is 348 g/mol. The van der Waals surface area contributed by atoms with Crippen LogP contribution in [0.4, 0.5) is 5.69 Å². The molecule has 6 nitrogen and oxygen atoms in total. The minimum absolute atomic E-state index is 0.417. The van der Waals surface area contributed by atoms with Gasteiger partial charge in [0.1, 0.15) is 10.6 Å². The summed E-state index contributed by atoms with van der Waals surface area (Å²) < 4.78 is 10.5. The molecule has 1 aromatic carbocycles. The Morgan fingerprint density at radius 1 is 1.25 bits per heavy atom. The van der Waals surface area contributed by atoms with Crippen LogP contribution in [0.5, 0.6) is 5.75 Å². The van der Waals surface area contributed by atoms with Crippen LogP contribution in [0.1, 0.15) is 32.9 Å². The number of thiazole rings is 1. The first-order valence-electron chi connectivity index (χ1n) is 7.42. The van der Waals surface area contributed by atoms with E-state index in [1.54, 1.807) is 19.1 Å². The van der Waals surface area contributed by atoms with Crippen molar-refractivity contribution in [1.82, 2.24) is 4.98 Å². The van der Waals surface area contributed by atoms with Crippen molar-refractivity contribution in [2.45, 2.75) is 33.8 Å². The molecule has 0 aliphatic carbocycles. The van der Waals surface area contributed by atoms with Gasteiger partial charge in [-0.2, -0.15) is 0 Å². The number of nitrogens with zero attached hydrogens (tertiary/aromatic N) is 1. The van der Waals surface area contributed by atoms with Gasteiger partial charge in [0.15, 0.2) is 6.10 Å². The van der Waals surface area contributed by atoms with E-state index in [4.69, 9.17) is 9.47 Å². The molecule has 0 saturated heterocycles. The van der Waals surface area contributed by atoms with Crippen molar-refractivity contribution < 1.29 is 19.1 Å². The van der Waals surface area contributed by atoms with Gasteiger partial charge in [-0.15, -0.1) is 11.3 Å². The zero-order valence-electron chi connectivity index (χ0n) is 14.3. The highest BCUT2D eigenvalue weighted by molar-refractivity contribution is 7.13. The van der Waals surface area contributed by atoms with Crippen molar-refractivity contribution in [2.75, 3.05) is 12.4 Å². The summed E-state index contributed by atoms with van der Waals surface area (Å²) in [5.41, 5.74) is 2.12. The van der Waals surface area contributed by atoms with Gasteiger partial charge in [0.25, 0.3) is 5.91 Å². The molecule has 0 fully saturated rings. The smallest absolute Gasteiger partial charge is 0.351 e. The first kappa shape index (κ1) is 17.9. The summed E-state index contributed by atoms with van der Waals surface area (Å²) in [4.78, 5) is 29.1. The number of carbonyl (C=O) groups is 2. The van der Waals surface area contributed by atoms with E-state index >= 15 is 0 Å². The lowest BCUT2D eigenvalue weighted by molar-refractivity contribution is -0.123. The molecule has 0 bridgehead atoms. The molecule has 0 saturated carbocycles. The molecule has 0 spiro atoms. The van der Waals surface area contributed by atoms with E-state index in [0.717, 1.165) is 10.6 Å². The van der Waals surface area contributed by atoms with E-state index in [-0.39, 0.29) is 0 Å². The molecule has 2 rings (SSSR count). The topological polar surface area (TPSA) is 77.5 Å². The van der Waals surface area contributed by atoms with Crippen molar-refractivity contribution in [3.8, 4) is 5.75 Å². The Morgan fingerprint density at radius 3 is 2.54 bits per heavy atom. The van der Waals surface area contributed by atoms with E-state index in [1.807, 2.05) is 19.9 Å². The van der Waals surface area contributed by atoms with E-state index < -0.39 is 18.0 Å². The molecule has 128 valence electrons. The maximum atomic E-state index is 12.3. The summed E-state index contributed by atoms with van der Waals surface area (Å²) in [5.74, 6) is -0.426. The number of benzene rings is 1. The fourth-order valence-electron chi connectivity index (χ4n) is 2.14. The molecule has 0 aliphatic rings. The SMILES string of the molecule is COc1ccc(C)cc1NC(=O)[C@@H](C)OC(=O)c1sc(C)nc1C. The van der Waals surface area contributed by atoms with Gasteiger partial charge < -0.3 is 14.8 Å². The molecule has 1 N–H and O–H groups in total. The number of methoxy groups -OCH3 is 1. The Hall–Kier alpha value is -2.41. The molecule has 24 heavy (non-hydrogen) atoms. The van der Waals surface area contributed by atoms with E-state index in [0.29, 0.717) is 22.0 Å². The van der Waals surface area contributed by atoms with Gasteiger partial charge in [-0.1, -0.05) is 6.07 Å². The van der Waals surface area contributed by atoms with Crippen molar-refractivity contribution in [1.29, 1.82) is 0 Å². The van der Waals surface area contributed by atoms with Gasteiger partial charge in [0, 0.05) is 0 Å². The Labute approximate surface area is 144 Å². The summed E-state index contributed by atoms with van der Waals surface area (Å²) in [6.07, 6.45) is -0.940. The quantitative estimate of drug-likeness (QED) is 0.839. The van der Waals surface area contributed by atoms with Crippen molar-refractivity contribution >= 4 is 28.9 Å². The third kappa shape index (κ3) is 4.11. The molecule has 0 unspecified atom stereocenters. The standard InChI is InChI=1S/C17H20N2O4S/c1-9-6-7-14(22-5)13(8-9)19-16(20)11(3)23-17(21)15-10(2)18-12(4)24-15/h6-8,11H,1-5H3,(H,19,20)/t11-/m1/s1. The summed E-state index contributed by atoms with van der Waals surface area (Å²) in [6.45, 7) is 6.99. The number of hydrogen-bond donors (Lipinski definition) is 1. The van der Waals surface area contributed by atoms with Crippen molar-refractivity contribution in [3.63, 3.8) is 0 Å². The lowest BCUT2D eigenvalue weighted by atomic mass is 10.2. The highest BCUT2D eigenvalue weighted by Gasteiger charge is 2.23. The normalized spacial score (nSPS) is 11.7. The van der Waals surface area contributed by atoms with E-state index in [1.165, 1.54) is 25.4 Å². The Balaban J connectivity index is 2.06. The number of esters is 1. The number of ether oxygens (including phenoxy) is 2. The minimum atomic E-state index is -0.940. The molecule has 1 amide bonds. The second kappa shape index (κ2) is 7.44. The maximum absolute atomic E-state index is 12.3. The van der Waals surface area contributed by atoms with Gasteiger partial charge in [-0.3, -0.25) is 4.79 Å². The molecule has 1 atom stereocenters. The number of aromatic nitrogens is 1.